The van der Waals surface area contributed by atoms with Crippen LogP contribution in [0.1, 0.15) is 15.9 Å². The molecule has 0 spiro atoms. The molecule has 0 saturated carbocycles. The van der Waals surface area contributed by atoms with Crippen LogP contribution in [0.2, 0.25) is 0 Å². The minimum atomic E-state index is -1.04. The number of aromatic carboxylic acids is 1. The van der Waals surface area contributed by atoms with Gasteiger partial charge in [0.2, 0.25) is 0 Å². The van der Waals surface area contributed by atoms with Gasteiger partial charge in [0.05, 0.1) is 16.2 Å². The Kier molecular flexibility index (Phi) is 5.00. The van der Waals surface area contributed by atoms with Crippen LogP contribution in [-0.4, -0.2) is 18.2 Å². The van der Waals surface area contributed by atoms with Crippen molar-refractivity contribution in [3.63, 3.8) is 0 Å². The normalized spacial score (nSPS) is 10.2. The molecule has 2 aromatic rings. The van der Waals surface area contributed by atoms with E-state index in [0.717, 1.165) is 3.57 Å². The number of hydrogen-bond donors (Lipinski definition) is 1. The summed E-state index contributed by atoms with van der Waals surface area (Å²) in [5.74, 6) is -0.630. The number of carboxylic acid groups (broad SMARTS) is 1. The first-order valence-corrected chi connectivity index (χ1v) is 7.07. The zero-order valence-corrected chi connectivity index (χ0v) is 13.3. The minimum absolute atomic E-state index is 0.00883. The van der Waals surface area contributed by atoms with Crippen LogP contribution in [0.4, 0.5) is 4.39 Å². The molecular formula is C15H12FIO4. The lowest BCUT2D eigenvalue weighted by Gasteiger charge is -2.10. The Labute approximate surface area is 134 Å². The maximum atomic E-state index is 13.8. The molecule has 0 heterocycles. The Bertz CT molecular complexity index is 673. The third kappa shape index (κ3) is 3.84. The molecule has 2 rings (SSSR count). The summed E-state index contributed by atoms with van der Waals surface area (Å²) >= 11 is 2.03. The van der Waals surface area contributed by atoms with Crippen molar-refractivity contribution in [2.45, 2.75) is 6.61 Å². The minimum Gasteiger partial charge on any atom is -0.497 e. The highest BCUT2D eigenvalue weighted by Crippen LogP contribution is 2.24. The first kappa shape index (κ1) is 15.6. The van der Waals surface area contributed by atoms with Gasteiger partial charge in [0, 0.05) is 11.6 Å². The highest BCUT2D eigenvalue weighted by atomic mass is 127. The summed E-state index contributed by atoms with van der Waals surface area (Å²) in [5.41, 5.74) is 0.493. The summed E-state index contributed by atoms with van der Waals surface area (Å²) in [6.45, 7) is 0.00883. The van der Waals surface area contributed by atoms with E-state index >= 15 is 0 Å². The van der Waals surface area contributed by atoms with Crippen molar-refractivity contribution in [3.05, 3.63) is 56.9 Å². The molecule has 0 radical (unpaired) electrons. The summed E-state index contributed by atoms with van der Waals surface area (Å²) < 4.78 is 25.0. The molecule has 0 unspecified atom stereocenters. The van der Waals surface area contributed by atoms with Crippen molar-refractivity contribution in [3.8, 4) is 11.5 Å². The number of benzene rings is 2. The molecule has 1 N–H and O–H groups in total. The molecule has 0 amide bonds. The molecule has 0 fully saturated rings. The smallest absolute Gasteiger partial charge is 0.335 e. The van der Waals surface area contributed by atoms with E-state index in [9.17, 15) is 9.18 Å². The number of halogens is 2. The van der Waals surface area contributed by atoms with Crippen molar-refractivity contribution in [1.29, 1.82) is 0 Å². The molecule has 0 aliphatic carbocycles. The molecule has 6 heteroatoms. The molecule has 0 aliphatic rings. The van der Waals surface area contributed by atoms with E-state index in [2.05, 4.69) is 0 Å². The second-order valence-corrected chi connectivity index (χ2v) is 5.36. The molecule has 0 atom stereocenters. The van der Waals surface area contributed by atoms with Crippen LogP contribution < -0.4 is 9.47 Å². The van der Waals surface area contributed by atoms with Gasteiger partial charge in [-0.05, 0) is 52.9 Å². The molecule has 0 bridgehead atoms. The van der Waals surface area contributed by atoms with Gasteiger partial charge in [0.15, 0.2) is 0 Å². The number of hydrogen-bond acceptors (Lipinski definition) is 3. The van der Waals surface area contributed by atoms with Gasteiger partial charge in [-0.2, -0.15) is 0 Å². The van der Waals surface area contributed by atoms with E-state index in [0.29, 0.717) is 17.1 Å². The Morgan fingerprint density at radius 3 is 2.67 bits per heavy atom. The predicted molar refractivity (Wildman–Crippen MR) is 83.4 cm³/mol. The highest BCUT2D eigenvalue weighted by molar-refractivity contribution is 14.1. The Hall–Kier alpha value is -1.83. The lowest BCUT2D eigenvalue weighted by atomic mass is 10.2. The van der Waals surface area contributed by atoms with E-state index in [1.165, 1.54) is 25.3 Å². The van der Waals surface area contributed by atoms with Gasteiger partial charge in [-0.3, -0.25) is 0 Å². The second kappa shape index (κ2) is 6.75. The van der Waals surface area contributed by atoms with Crippen LogP contribution in [0.3, 0.4) is 0 Å². The van der Waals surface area contributed by atoms with Crippen molar-refractivity contribution >= 4 is 28.6 Å². The average Bonchev–Trinajstić information content (AvgIpc) is 2.47. The maximum Gasteiger partial charge on any atom is 0.335 e. The van der Waals surface area contributed by atoms with Gasteiger partial charge in [-0.1, -0.05) is 0 Å². The third-order valence-corrected chi connectivity index (χ3v) is 3.71. The molecule has 4 nitrogen and oxygen atoms in total. The van der Waals surface area contributed by atoms with Gasteiger partial charge in [-0.15, -0.1) is 0 Å². The predicted octanol–water partition coefficient (Wildman–Crippen LogP) is 3.72. The molecular weight excluding hydrogens is 390 g/mol. The summed E-state index contributed by atoms with van der Waals surface area (Å²) in [5, 5.41) is 8.96. The lowest BCUT2D eigenvalue weighted by Crippen LogP contribution is -2.02. The average molecular weight is 402 g/mol. The number of methoxy groups -OCH3 is 1. The van der Waals surface area contributed by atoms with Crippen LogP contribution in [0, 0.1) is 9.39 Å². The van der Waals surface area contributed by atoms with Gasteiger partial charge >= 0.3 is 5.97 Å². The molecule has 2 aromatic carbocycles. The van der Waals surface area contributed by atoms with Crippen LogP contribution in [0.5, 0.6) is 11.5 Å². The van der Waals surface area contributed by atoms with Gasteiger partial charge in [0.1, 0.15) is 23.9 Å². The largest absolute Gasteiger partial charge is 0.497 e. The second-order valence-electron chi connectivity index (χ2n) is 4.20. The standard InChI is InChI=1S/C15H12FIO4/c1-20-11-4-2-10(12(16)7-11)8-21-14-6-9(15(18)19)3-5-13(14)17/h2-7H,8H2,1H3,(H,18,19). The number of carboxylic acids is 1. The van der Waals surface area contributed by atoms with E-state index < -0.39 is 11.8 Å². The van der Waals surface area contributed by atoms with Crippen molar-refractivity contribution in [1.82, 2.24) is 0 Å². The SMILES string of the molecule is COc1ccc(COc2cc(C(=O)O)ccc2I)c(F)c1. The van der Waals surface area contributed by atoms with E-state index in [1.807, 2.05) is 22.6 Å². The summed E-state index contributed by atoms with van der Waals surface area (Å²) in [6.07, 6.45) is 0. The molecule has 21 heavy (non-hydrogen) atoms. The fourth-order valence-corrected chi connectivity index (χ4v) is 2.17. The first-order chi connectivity index (χ1) is 10.0. The van der Waals surface area contributed by atoms with Gasteiger partial charge in [0.25, 0.3) is 0 Å². The van der Waals surface area contributed by atoms with Crippen LogP contribution in [-0.2, 0) is 6.61 Å². The van der Waals surface area contributed by atoms with Crippen molar-refractivity contribution in [2.24, 2.45) is 0 Å². The summed E-state index contributed by atoms with van der Waals surface area (Å²) in [7, 11) is 1.46. The first-order valence-electron chi connectivity index (χ1n) is 5.99. The third-order valence-electron chi connectivity index (χ3n) is 2.82. The molecule has 110 valence electrons. The Morgan fingerprint density at radius 2 is 2.05 bits per heavy atom. The van der Waals surface area contributed by atoms with Gasteiger partial charge in [-0.25, -0.2) is 9.18 Å². The lowest BCUT2D eigenvalue weighted by molar-refractivity contribution is 0.0696. The fourth-order valence-electron chi connectivity index (χ4n) is 1.67. The topological polar surface area (TPSA) is 55.8 Å². The highest BCUT2D eigenvalue weighted by Gasteiger charge is 2.10. The zero-order valence-electron chi connectivity index (χ0n) is 11.1. The van der Waals surface area contributed by atoms with E-state index in [4.69, 9.17) is 14.6 Å². The van der Waals surface area contributed by atoms with Crippen LogP contribution >= 0.6 is 22.6 Å². The molecule has 0 saturated heterocycles. The van der Waals surface area contributed by atoms with Crippen LogP contribution in [0.15, 0.2) is 36.4 Å². The van der Waals surface area contributed by atoms with E-state index in [1.54, 1.807) is 18.2 Å². The molecule has 0 aliphatic heterocycles. The van der Waals surface area contributed by atoms with Crippen molar-refractivity contribution < 1.29 is 23.8 Å². The zero-order chi connectivity index (χ0) is 15.4. The Balaban J connectivity index is 2.16. The fraction of sp³-hybridized carbons (Fsp3) is 0.133. The van der Waals surface area contributed by atoms with Crippen LogP contribution in [0.25, 0.3) is 0 Å². The van der Waals surface area contributed by atoms with Crippen molar-refractivity contribution in [2.75, 3.05) is 7.11 Å². The quantitative estimate of drug-likeness (QED) is 0.775. The van der Waals surface area contributed by atoms with Gasteiger partial charge < -0.3 is 14.6 Å². The maximum absolute atomic E-state index is 13.8. The summed E-state index contributed by atoms with van der Waals surface area (Å²) in [4.78, 5) is 10.9. The number of carbonyl (C=O) groups is 1. The monoisotopic (exact) mass is 402 g/mol. The number of rotatable bonds is 5. The van der Waals surface area contributed by atoms with E-state index in [-0.39, 0.29) is 12.2 Å². The Morgan fingerprint density at radius 1 is 1.29 bits per heavy atom. The molecule has 0 aromatic heterocycles. The summed E-state index contributed by atoms with van der Waals surface area (Å²) in [6, 6.07) is 9.04. The number of ether oxygens (including phenoxy) is 2.